The van der Waals surface area contributed by atoms with Crippen molar-refractivity contribution in [3.8, 4) is 10.7 Å². The van der Waals surface area contributed by atoms with Crippen molar-refractivity contribution in [2.75, 3.05) is 11.4 Å². The fourth-order valence-corrected chi connectivity index (χ4v) is 3.97. The van der Waals surface area contributed by atoms with Crippen molar-refractivity contribution in [1.82, 2.24) is 15.0 Å². The van der Waals surface area contributed by atoms with Crippen molar-refractivity contribution in [1.29, 1.82) is 0 Å². The van der Waals surface area contributed by atoms with Crippen LogP contribution < -0.4 is 4.90 Å². The van der Waals surface area contributed by atoms with Crippen molar-refractivity contribution in [2.45, 2.75) is 19.1 Å². The third-order valence-electron chi connectivity index (χ3n) is 3.40. The number of rotatable bonds is 2. The molecule has 20 heavy (non-hydrogen) atoms. The summed E-state index contributed by atoms with van der Waals surface area (Å²) >= 11 is 3.20. The van der Waals surface area contributed by atoms with E-state index >= 15 is 0 Å². The van der Waals surface area contributed by atoms with Gasteiger partial charge in [0.05, 0.1) is 10.2 Å². The molecule has 0 saturated carbocycles. The van der Waals surface area contributed by atoms with Crippen LogP contribution in [0.3, 0.4) is 0 Å². The van der Waals surface area contributed by atoms with Crippen molar-refractivity contribution in [2.24, 2.45) is 0 Å². The van der Waals surface area contributed by atoms with Crippen LogP contribution in [0.2, 0.25) is 0 Å². The first-order chi connectivity index (χ1) is 9.83. The zero-order valence-electron chi connectivity index (χ0n) is 10.6. The molecule has 1 saturated heterocycles. The van der Waals surface area contributed by atoms with Gasteiger partial charge in [-0.25, -0.2) is 15.0 Å². The second-order valence-corrected chi connectivity index (χ2v) is 6.47. The van der Waals surface area contributed by atoms with Gasteiger partial charge < -0.3 is 10.0 Å². The average molecular weight is 304 g/mol. The molecule has 1 unspecified atom stereocenters. The van der Waals surface area contributed by atoms with E-state index in [1.165, 1.54) is 0 Å². The second kappa shape index (κ2) is 4.76. The molecule has 1 atom stereocenters. The molecule has 1 aliphatic heterocycles. The number of fused-ring (bicyclic) bond motifs is 1. The number of anilines is 1. The van der Waals surface area contributed by atoms with Crippen LogP contribution in [0.15, 0.2) is 23.0 Å². The highest BCUT2D eigenvalue weighted by Gasteiger charge is 2.26. The Bertz CT molecular complexity index is 740. The maximum Gasteiger partial charge on any atom is 0.228 e. The highest BCUT2D eigenvalue weighted by atomic mass is 32.1. The highest BCUT2D eigenvalue weighted by molar-refractivity contribution is 7.18. The Hall–Kier alpha value is -1.57. The number of hydrogen-bond donors (Lipinski definition) is 1. The van der Waals surface area contributed by atoms with Gasteiger partial charge in [0.15, 0.2) is 0 Å². The number of aliphatic hydroxyl groups is 1. The Morgan fingerprint density at radius 3 is 2.95 bits per heavy atom. The van der Waals surface area contributed by atoms with E-state index in [0.29, 0.717) is 5.95 Å². The molecule has 1 fully saturated rings. The molecule has 5 nitrogen and oxygen atoms in total. The molecule has 4 rings (SSSR count). The fourth-order valence-electron chi connectivity index (χ4n) is 2.45. The highest BCUT2D eigenvalue weighted by Crippen LogP contribution is 2.34. The first kappa shape index (κ1) is 12.2. The van der Waals surface area contributed by atoms with Gasteiger partial charge in [0.25, 0.3) is 0 Å². The fraction of sp³-hybridized carbons (Fsp3) is 0.308. The summed E-state index contributed by atoms with van der Waals surface area (Å²) in [4.78, 5) is 15.5. The van der Waals surface area contributed by atoms with E-state index in [2.05, 4.69) is 15.0 Å². The maximum absolute atomic E-state index is 10.0. The van der Waals surface area contributed by atoms with Crippen LogP contribution in [0.4, 0.5) is 5.95 Å². The molecule has 7 heteroatoms. The van der Waals surface area contributed by atoms with Crippen LogP contribution in [-0.2, 0) is 0 Å². The third-order valence-corrected chi connectivity index (χ3v) is 5.09. The lowest BCUT2D eigenvalue weighted by Gasteiger charge is -2.20. The summed E-state index contributed by atoms with van der Waals surface area (Å²) in [5.74, 6) is 0.603. The van der Waals surface area contributed by atoms with Crippen LogP contribution >= 0.6 is 22.7 Å². The first-order valence-corrected chi connectivity index (χ1v) is 8.19. The van der Waals surface area contributed by atoms with Crippen LogP contribution in [0.25, 0.3) is 20.9 Å². The number of hydrogen-bond acceptors (Lipinski definition) is 7. The monoisotopic (exact) mass is 304 g/mol. The Kier molecular flexibility index (Phi) is 2.90. The number of thiophene rings is 1. The summed E-state index contributed by atoms with van der Waals surface area (Å²) in [7, 11) is 0. The number of aliphatic hydroxyl groups excluding tert-OH is 1. The third kappa shape index (κ3) is 1.90. The summed E-state index contributed by atoms with van der Waals surface area (Å²) in [5, 5.41) is 14.9. The largest absolute Gasteiger partial charge is 0.374 e. The number of nitrogens with zero attached hydrogens (tertiary/aromatic N) is 4. The second-order valence-electron chi connectivity index (χ2n) is 4.66. The van der Waals surface area contributed by atoms with E-state index in [9.17, 15) is 5.11 Å². The van der Waals surface area contributed by atoms with Crippen molar-refractivity contribution < 1.29 is 5.11 Å². The molecule has 3 aromatic rings. The smallest absolute Gasteiger partial charge is 0.228 e. The standard InChI is InChI=1S/C13H12N4OS2/c18-9-2-1-5-17(9)13-15-8-3-6-19-11(8)10(16-13)12-14-4-7-20-12/h3-4,6-7,9,18H,1-2,5H2. The van der Waals surface area contributed by atoms with Gasteiger partial charge in [-0.3, -0.25) is 0 Å². The first-order valence-electron chi connectivity index (χ1n) is 6.43. The van der Waals surface area contributed by atoms with Crippen molar-refractivity contribution in [3.05, 3.63) is 23.0 Å². The van der Waals surface area contributed by atoms with Gasteiger partial charge in [-0.1, -0.05) is 0 Å². The molecule has 0 radical (unpaired) electrons. The van der Waals surface area contributed by atoms with Gasteiger partial charge >= 0.3 is 0 Å². The van der Waals surface area contributed by atoms with Gasteiger partial charge in [-0.05, 0) is 24.3 Å². The lowest BCUT2D eigenvalue weighted by Crippen LogP contribution is -2.30. The van der Waals surface area contributed by atoms with Gasteiger partial charge in [0, 0.05) is 18.1 Å². The van der Waals surface area contributed by atoms with E-state index in [1.807, 2.05) is 21.7 Å². The maximum atomic E-state index is 10.0. The van der Waals surface area contributed by atoms with Gasteiger partial charge in [0.2, 0.25) is 5.95 Å². The number of aromatic nitrogens is 3. The molecule has 0 bridgehead atoms. The summed E-state index contributed by atoms with van der Waals surface area (Å²) in [6.45, 7) is 0.800. The predicted octanol–water partition coefficient (Wildman–Crippen LogP) is 2.73. The van der Waals surface area contributed by atoms with Crippen molar-refractivity contribution >= 4 is 38.8 Å². The zero-order valence-corrected chi connectivity index (χ0v) is 12.2. The Morgan fingerprint density at radius 2 is 2.20 bits per heavy atom. The zero-order chi connectivity index (χ0) is 13.5. The summed E-state index contributed by atoms with van der Waals surface area (Å²) in [5.41, 5.74) is 1.79. The minimum absolute atomic E-state index is 0.477. The van der Waals surface area contributed by atoms with E-state index in [0.717, 1.165) is 40.3 Å². The molecule has 1 N–H and O–H groups in total. The molecule has 0 spiro atoms. The Labute approximate surface area is 123 Å². The van der Waals surface area contributed by atoms with Gasteiger partial charge in [0.1, 0.15) is 16.9 Å². The number of thiazole rings is 1. The summed E-state index contributed by atoms with van der Waals surface area (Å²) in [6.07, 6.45) is 3.05. The molecule has 102 valence electrons. The molecule has 0 aromatic carbocycles. The topological polar surface area (TPSA) is 62.1 Å². The van der Waals surface area contributed by atoms with E-state index in [4.69, 9.17) is 0 Å². The summed E-state index contributed by atoms with van der Waals surface area (Å²) in [6, 6.07) is 1.99. The lowest BCUT2D eigenvalue weighted by atomic mass is 10.3. The normalized spacial score (nSPS) is 19.1. The molecule has 0 amide bonds. The summed E-state index contributed by atoms with van der Waals surface area (Å²) < 4.78 is 1.05. The minimum Gasteiger partial charge on any atom is -0.374 e. The van der Waals surface area contributed by atoms with Gasteiger partial charge in [-0.15, -0.1) is 22.7 Å². The lowest BCUT2D eigenvalue weighted by molar-refractivity contribution is 0.184. The Morgan fingerprint density at radius 1 is 1.25 bits per heavy atom. The average Bonchev–Trinajstić information content (AvgIpc) is 3.18. The quantitative estimate of drug-likeness (QED) is 0.789. The molecule has 1 aliphatic rings. The SMILES string of the molecule is OC1CCCN1c1nc(-c2nccs2)c2sccc2n1. The molecular weight excluding hydrogens is 292 g/mol. The minimum atomic E-state index is -0.477. The van der Waals surface area contributed by atoms with Crippen molar-refractivity contribution in [3.63, 3.8) is 0 Å². The van der Waals surface area contributed by atoms with E-state index in [1.54, 1.807) is 28.9 Å². The molecule has 3 aromatic heterocycles. The Balaban J connectivity index is 1.91. The van der Waals surface area contributed by atoms with Crippen LogP contribution in [0.1, 0.15) is 12.8 Å². The predicted molar refractivity (Wildman–Crippen MR) is 81.1 cm³/mol. The molecular formula is C13H12N4OS2. The van der Waals surface area contributed by atoms with Crippen LogP contribution in [0, 0.1) is 0 Å². The molecule has 4 heterocycles. The van der Waals surface area contributed by atoms with Gasteiger partial charge in [-0.2, -0.15) is 0 Å². The van der Waals surface area contributed by atoms with E-state index < -0.39 is 6.23 Å². The van der Waals surface area contributed by atoms with Crippen LogP contribution in [-0.4, -0.2) is 32.8 Å². The molecule has 0 aliphatic carbocycles. The van der Waals surface area contributed by atoms with Crippen LogP contribution in [0.5, 0.6) is 0 Å². The van der Waals surface area contributed by atoms with E-state index in [-0.39, 0.29) is 0 Å².